The first-order valence-electron chi connectivity index (χ1n) is 7.60. The van der Waals surface area contributed by atoms with Gasteiger partial charge in [-0.2, -0.15) is 0 Å². The van der Waals surface area contributed by atoms with Crippen LogP contribution in [0.25, 0.3) is 0 Å². The number of nitrogens with one attached hydrogen (secondary N) is 1. The summed E-state index contributed by atoms with van der Waals surface area (Å²) in [4.78, 5) is 16.3. The molecule has 1 aromatic rings. The molecule has 0 aliphatic carbocycles. The number of carbonyl (C=O) groups is 1. The first-order chi connectivity index (χ1) is 10.1. The van der Waals surface area contributed by atoms with Gasteiger partial charge in [-0.1, -0.05) is 12.1 Å². The maximum Gasteiger partial charge on any atom is 0.238 e. The molecule has 0 saturated carbocycles. The largest absolute Gasteiger partial charge is 0.322 e. The molecule has 0 radical (unpaired) electrons. The van der Waals surface area contributed by atoms with Crippen molar-refractivity contribution < 1.29 is 9.18 Å². The van der Waals surface area contributed by atoms with Gasteiger partial charge in [0, 0.05) is 6.54 Å². The third kappa shape index (κ3) is 3.24. The van der Waals surface area contributed by atoms with Crippen molar-refractivity contribution in [3.05, 3.63) is 35.6 Å². The van der Waals surface area contributed by atoms with Crippen LogP contribution < -0.4 is 5.32 Å². The Kier molecular flexibility index (Phi) is 4.22. The van der Waals surface area contributed by atoms with E-state index in [1.165, 1.54) is 12.1 Å². The molecule has 0 spiro atoms. The van der Waals surface area contributed by atoms with Crippen molar-refractivity contribution in [3.8, 4) is 0 Å². The first kappa shape index (κ1) is 14.5. The topological polar surface area (TPSA) is 35.6 Å². The van der Waals surface area contributed by atoms with E-state index in [2.05, 4.69) is 17.3 Å². The average molecular weight is 291 g/mol. The molecular formula is C16H22FN3O. The average Bonchev–Trinajstić information content (AvgIpc) is 2.83. The van der Waals surface area contributed by atoms with E-state index in [9.17, 15) is 9.18 Å². The van der Waals surface area contributed by atoms with Crippen LogP contribution in [0, 0.1) is 11.7 Å². The van der Waals surface area contributed by atoms with Gasteiger partial charge in [-0.15, -0.1) is 0 Å². The van der Waals surface area contributed by atoms with Crippen LogP contribution >= 0.6 is 0 Å². The molecule has 2 saturated heterocycles. The molecule has 2 aliphatic rings. The van der Waals surface area contributed by atoms with Crippen molar-refractivity contribution in [1.82, 2.24) is 15.1 Å². The number of benzene rings is 1. The van der Waals surface area contributed by atoms with Gasteiger partial charge in [-0.05, 0) is 56.6 Å². The normalized spacial score (nSPS) is 24.8. The lowest BCUT2D eigenvalue weighted by Gasteiger charge is -2.33. The zero-order chi connectivity index (χ0) is 14.8. The maximum absolute atomic E-state index is 13.4. The molecule has 5 heteroatoms. The van der Waals surface area contributed by atoms with Crippen molar-refractivity contribution in [2.75, 3.05) is 33.2 Å². The molecule has 1 atom stereocenters. The number of hydrogen-bond acceptors (Lipinski definition) is 3. The van der Waals surface area contributed by atoms with Crippen LogP contribution in [0.2, 0.25) is 0 Å². The molecule has 1 aromatic carbocycles. The molecule has 0 bridgehead atoms. The summed E-state index contributed by atoms with van der Waals surface area (Å²) in [6.07, 6.45) is 2.06. The van der Waals surface area contributed by atoms with E-state index in [4.69, 9.17) is 0 Å². The molecule has 2 aliphatic heterocycles. The van der Waals surface area contributed by atoms with Gasteiger partial charge < -0.3 is 9.80 Å². The molecular weight excluding hydrogens is 269 g/mol. The molecule has 4 nitrogen and oxygen atoms in total. The summed E-state index contributed by atoms with van der Waals surface area (Å²) in [5.41, 5.74) is 0.828. The van der Waals surface area contributed by atoms with E-state index in [0.29, 0.717) is 12.5 Å². The zero-order valence-electron chi connectivity index (χ0n) is 12.4. The van der Waals surface area contributed by atoms with Crippen molar-refractivity contribution in [2.45, 2.75) is 19.0 Å². The number of halogens is 1. The highest BCUT2D eigenvalue weighted by Gasteiger charge is 2.33. The number of likely N-dealkylation sites (tertiary alicyclic amines) is 1. The Labute approximate surface area is 124 Å². The van der Waals surface area contributed by atoms with Gasteiger partial charge in [0.1, 0.15) is 12.0 Å². The SMILES string of the molecule is CN1CCC(CN2C(=O)CNC2c2cccc(F)c2)CC1. The summed E-state index contributed by atoms with van der Waals surface area (Å²) in [6.45, 7) is 3.28. The van der Waals surface area contributed by atoms with Crippen molar-refractivity contribution in [2.24, 2.45) is 5.92 Å². The predicted octanol–water partition coefficient (Wildman–Crippen LogP) is 1.60. The van der Waals surface area contributed by atoms with E-state index in [-0.39, 0.29) is 17.9 Å². The zero-order valence-corrected chi connectivity index (χ0v) is 12.4. The van der Waals surface area contributed by atoms with Gasteiger partial charge >= 0.3 is 0 Å². The molecule has 21 heavy (non-hydrogen) atoms. The third-order valence-electron chi connectivity index (χ3n) is 4.54. The quantitative estimate of drug-likeness (QED) is 0.919. The number of amides is 1. The second kappa shape index (κ2) is 6.12. The van der Waals surface area contributed by atoms with Crippen LogP contribution in [0.4, 0.5) is 4.39 Å². The van der Waals surface area contributed by atoms with Gasteiger partial charge in [0.25, 0.3) is 0 Å². The smallest absolute Gasteiger partial charge is 0.238 e. The number of piperidine rings is 1. The van der Waals surface area contributed by atoms with Crippen LogP contribution in [0.1, 0.15) is 24.6 Å². The van der Waals surface area contributed by atoms with E-state index >= 15 is 0 Å². The lowest BCUT2D eigenvalue weighted by Crippen LogP contribution is -2.39. The minimum atomic E-state index is -0.257. The van der Waals surface area contributed by atoms with Crippen LogP contribution in [0.15, 0.2) is 24.3 Å². The number of hydrogen-bond donors (Lipinski definition) is 1. The highest BCUT2D eigenvalue weighted by molar-refractivity contribution is 5.81. The summed E-state index contributed by atoms with van der Waals surface area (Å²) in [6, 6.07) is 6.52. The summed E-state index contributed by atoms with van der Waals surface area (Å²) in [5, 5.41) is 3.20. The number of nitrogens with zero attached hydrogens (tertiary/aromatic N) is 2. The minimum Gasteiger partial charge on any atom is -0.322 e. The fraction of sp³-hybridized carbons (Fsp3) is 0.562. The lowest BCUT2D eigenvalue weighted by molar-refractivity contribution is -0.128. The summed E-state index contributed by atoms with van der Waals surface area (Å²) in [7, 11) is 2.13. The van der Waals surface area contributed by atoms with Crippen molar-refractivity contribution >= 4 is 5.91 Å². The van der Waals surface area contributed by atoms with Crippen molar-refractivity contribution in [3.63, 3.8) is 0 Å². The van der Waals surface area contributed by atoms with Gasteiger partial charge in [0.15, 0.2) is 0 Å². The Morgan fingerprint density at radius 1 is 1.33 bits per heavy atom. The highest BCUT2D eigenvalue weighted by atomic mass is 19.1. The monoisotopic (exact) mass is 291 g/mol. The van der Waals surface area contributed by atoms with Crippen LogP contribution in [0.5, 0.6) is 0 Å². The van der Waals surface area contributed by atoms with Gasteiger partial charge in [0.2, 0.25) is 5.91 Å². The minimum absolute atomic E-state index is 0.114. The second-order valence-corrected chi connectivity index (χ2v) is 6.13. The summed E-state index contributed by atoms with van der Waals surface area (Å²) in [5.74, 6) is 0.400. The summed E-state index contributed by atoms with van der Waals surface area (Å²) >= 11 is 0. The standard InChI is InChI=1S/C16H22FN3O/c1-19-7-5-12(6-8-19)11-20-15(21)10-18-16(20)13-3-2-4-14(17)9-13/h2-4,9,12,16,18H,5-8,10-11H2,1H3. The fourth-order valence-corrected chi connectivity index (χ4v) is 3.24. The van der Waals surface area contributed by atoms with Crippen molar-refractivity contribution in [1.29, 1.82) is 0 Å². The molecule has 1 amide bonds. The highest BCUT2D eigenvalue weighted by Crippen LogP contribution is 2.26. The van der Waals surface area contributed by atoms with Crippen LogP contribution in [-0.2, 0) is 4.79 Å². The Balaban J connectivity index is 1.71. The Morgan fingerprint density at radius 3 is 2.81 bits per heavy atom. The molecule has 114 valence electrons. The van der Waals surface area contributed by atoms with Gasteiger partial charge in [0.05, 0.1) is 6.54 Å². The molecule has 0 aromatic heterocycles. The Hall–Kier alpha value is -1.46. The van der Waals surface area contributed by atoms with E-state index in [1.807, 2.05) is 11.0 Å². The Bertz CT molecular complexity index is 514. The van der Waals surface area contributed by atoms with E-state index < -0.39 is 0 Å². The summed E-state index contributed by atoms with van der Waals surface area (Å²) < 4.78 is 13.4. The second-order valence-electron chi connectivity index (χ2n) is 6.13. The third-order valence-corrected chi connectivity index (χ3v) is 4.54. The predicted molar refractivity (Wildman–Crippen MR) is 79.1 cm³/mol. The molecule has 1 N–H and O–H groups in total. The van der Waals surface area contributed by atoms with Gasteiger partial charge in [-0.25, -0.2) is 4.39 Å². The first-order valence-corrected chi connectivity index (χ1v) is 7.60. The van der Waals surface area contributed by atoms with E-state index in [0.717, 1.165) is 38.0 Å². The maximum atomic E-state index is 13.4. The molecule has 2 fully saturated rings. The number of rotatable bonds is 3. The van der Waals surface area contributed by atoms with Gasteiger partial charge in [-0.3, -0.25) is 10.1 Å². The Morgan fingerprint density at radius 2 is 2.10 bits per heavy atom. The van der Waals surface area contributed by atoms with Crippen LogP contribution in [0.3, 0.4) is 0 Å². The van der Waals surface area contributed by atoms with E-state index in [1.54, 1.807) is 6.07 Å². The molecule has 3 rings (SSSR count). The molecule has 2 heterocycles. The fourth-order valence-electron chi connectivity index (χ4n) is 3.24. The number of carbonyl (C=O) groups excluding carboxylic acids is 1. The lowest BCUT2D eigenvalue weighted by atomic mass is 9.96. The molecule has 1 unspecified atom stereocenters. The van der Waals surface area contributed by atoms with Crippen LogP contribution in [-0.4, -0.2) is 48.9 Å².